The van der Waals surface area contributed by atoms with Crippen molar-refractivity contribution >= 4 is 11.6 Å². The number of nitrogens with one attached hydrogen (secondary N) is 1. The number of carbonyl (C=O) groups is 1. The highest BCUT2D eigenvalue weighted by Crippen LogP contribution is 2.30. The average Bonchev–Trinajstić information content (AvgIpc) is 2.96. The number of fused-ring (bicyclic) bond motifs is 2. The van der Waals surface area contributed by atoms with Crippen molar-refractivity contribution in [2.45, 2.75) is 20.1 Å². The summed E-state index contributed by atoms with van der Waals surface area (Å²) in [5.74, 6) is 3.36. The minimum absolute atomic E-state index is 0.108. The Balaban J connectivity index is 1.68. The normalized spacial score (nSPS) is 12.2. The zero-order valence-corrected chi connectivity index (χ0v) is 14.3. The Bertz CT molecular complexity index is 1040. The van der Waals surface area contributed by atoms with Crippen molar-refractivity contribution in [3.63, 3.8) is 0 Å². The maximum atomic E-state index is 11.2. The van der Waals surface area contributed by atoms with Crippen molar-refractivity contribution in [2.24, 2.45) is 0 Å². The van der Waals surface area contributed by atoms with E-state index < -0.39 is 0 Å². The first kappa shape index (κ1) is 16.0. The van der Waals surface area contributed by atoms with Crippen molar-refractivity contribution in [3.05, 3.63) is 65.4 Å². The predicted molar refractivity (Wildman–Crippen MR) is 99.8 cm³/mol. The number of amides is 1. The van der Waals surface area contributed by atoms with Crippen LogP contribution in [-0.4, -0.2) is 15.7 Å². The second-order valence-corrected chi connectivity index (χ2v) is 6.16. The van der Waals surface area contributed by atoms with E-state index >= 15 is 0 Å². The molecule has 0 bridgehead atoms. The number of hydrogen-bond acceptors (Lipinski definition) is 3. The van der Waals surface area contributed by atoms with E-state index in [0.717, 1.165) is 39.5 Å². The molecule has 1 aliphatic heterocycles. The van der Waals surface area contributed by atoms with Crippen LogP contribution < -0.4 is 10.1 Å². The third kappa shape index (κ3) is 2.93. The van der Waals surface area contributed by atoms with Gasteiger partial charge in [-0.25, -0.2) is 0 Å². The van der Waals surface area contributed by atoms with E-state index in [9.17, 15) is 4.79 Å². The molecule has 3 aromatic rings. The summed E-state index contributed by atoms with van der Waals surface area (Å²) >= 11 is 0. The molecule has 1 N–H and O–H groups in total. The van der Waals surface area contributed by atoms with E-state index in [0.29, 0.717) is 13.2 Å². The Morgan fingerprint density at radius 3 is 2.92 bits per heavy atom. The Morgan fingerprint density at radius 2 is 2.12 bits per heavy atom. The zero-order chi connectivity index (χ0) is 18.1. The maximum absolute atomic E-state index is 11.2. The van der Waals surface area contributed by atoms with Crippen LogP contribution in [0.15, 0.2) is 48.5 Å². The first-order chi connectivity index (χ1) is 12.6. The summed E-state index contributed by atoms with van der Waals surface area (Å²) in [6.07, 6.45) is 5.61. The van der Waals surface area contributed by atoms with Gasteiger partial charge in [-0.1, -0.05) is 30.2 Å². The lowest BCUT2D eigenvalue weighted by atomic mass is 10.1. The highest BCUT2D eigenvalue weighted by molar-refractivity contribution is 5.88. The van der Waals surface area contributed by atoms with Crippen LogP contribution in [0.25, 0.3) is 11.3 Å². The van der Waals surface area contributed by atoms with Gasteiger partial charge in [-0.15, -0.1) is 6.42 Å². The third-order valence-electron chi connectivity index (χ3n) is 4.31. The van der Waals surface area contributed by atoms with Gasteiger partial charge in [-0.2, -0.15) is 5.10 Å². The number of anilines is 1. The predicted octanol–water partition coefficient (Wildman–Crippen LogP) is 3.43. The molecule has 0 saturated heterocycles. The fourth-order valence-electron chi connectivity index (χ4n) is 3.09. The minimum Gasteiger partial charge on any atom is -0.487 e. The fraction of sp³-hybridized carbons (Fsp3) is 0.143. The van der Waals surface area contributed by atoms with Gasteiger partial charge in [-0.05, 0) is 18.2 Å². The molecule has 128 valence electrons. The lowest BCUT2D eigenvalue weighted by Crippen LogP contribution is -2.06. The van der Waals surface area contributed by atoms with Gasteiger partial charge in [0.15, 0.2) is 0 Å². The van der Waals surface area contributed by atoms with E-state index in [1.807, 2.05) is 53.2 Å². The van der Waals surface area contributed by atoms with Gasteiger partial charge in [-0.3, -0.25) is 9.48 Å². The topological polar surface area (TPSA) is 56.2 Å². The van der Waals surface area contributed by atoms with Crippen molar-refractivity contribution in [1.82, 2.24) is 9.78 Å². The summed E-state index contributed by atoms with van der Waals surface area (Å²) in [7, 11) is 0. The number of nitrogens with zero attached hydrogens (tertiary/aromatic N) is 2. The molecule has 1 aromatic heterocycles. The molecule has 0 fully saturated rings. The molecule has 0 spiro atoms. The molecule has 0 unspecified atom stereocenters. The summed E-state index contributed by atoms with van der Waals surface area (Å²) in [5, 5.41) is 7.50. The van der Waals surface area contributed by atoms with Crippen LogP contribution in [0.2, 0.25) is 0 Å². The van der Waals surface area contributed by atoms with Crippen molar-refractivity contribution in [3.8, 4) is 29.4 Å². The largest absolute Gasteiger partial charge is 0.487 e. The van der Waals surface area contributed by atoms with E-state index in [2.05, 4.69) is 11.2 Å². The van der Waals surface area contributed by atoms with Gasteiger partial charge in [0, 0.05) is 35.4 Å². The Labute approximate surface area is 151 Å². The van der Waals surface area contributed by atoms with Crippen LogP contribution >= 0.6 is 0 Å². The molecule has 0 saturated carbocycles. The quantitative estimate of drug-likeness (QED) is 0.725. The molecule has 26 heavy (non-hydrogen) atoms. The van der Waals surface area contributed by atoms with Gasteiger partial charge >= 0.3 is 0 Å². The summed E-state index contributed by atoms with van der Waals surface area (Å²) < 4.78 is 7.89. The van der Waals surface area contributed by atoms with Crippen LogP contribution in [0, 0.1) is 12.3 Å². The standard InChI is InChI=1S/C21H17N3O2/c1-3-15-6-4-5-7-19(15)20-11-18-13-26-21-10-17(22-14(2)25)9-8-16(21)12-24(18)23-20/h1,4-11H,12-13H2,2H3,(H,22,25). The number of hydrogen-bond donors (Lipinski definition) is 1. The number of carbonyl (C=O) groups excluding carboxylic acids is 1. The number of benzene rings is 2. The zero-order valence-electron chi connectivity index (χ0n) is 14.3. The van der Waals surface area contributed by atoms with Crippen LogP contribution in [0.3, 0.4) is 0 Å². The minimum atomic E-state index is -0.108. The molecule has 5 heteroatoms. The lowest BCUT2D eigenvalue weighted by molar-refractivity contribution is -0.114. The van der Waals surface area contributed by atoms with Gasteiger partial charge in [0.1, 0.15) is 12.4 Å². The smallest absolute Gasteiger partial charge is 0.221 e. The molecular formula is C21H17N3O2. The van der Waals surface area contributed by atoms with Crippen LogP contribution in [0.1, 0.15) is 23.7 Å². The Morgan fingerprint density at radius 1 is 1.27 bits per heavy atom. The molecule has 4 rings (SSSR count). The second kappa shape index (κ2) is 6.41. The van der Waals surface area contributed by atoms with Crippen LogP contribution in [-0.2, 0) is 17.9 Å². The average molecular weight is 343 g/mol. The molecule has 2 aromatic carbocycles. The van der Waals surface area contributed by atoms with Crippen molar-refractivity contribution in [1.29, 1.82) is 0 Å². The molecule has 0 atom stereocenters. The van der Waals surface area contributed by atoms with Crippen molar-refractivity contribution < 1.29 is 9.53 Å². The highest BCUT2D eigenvalue weighted by atomic mass is 16.5. The maximum Gasteiger partial charge on any atom is 0.221 e. The highest BCUT2D eigenvalue weighted by Gasteiger charge is 2.18. The van der Waals surface area contributed by atoms with Crippen LogP contribution in [0.5, 0.6) is 5.75 Å². The number of ether oxygens (including phenoxy) is 1. The molecule has 1 amide bonds. The number of terminal acetylenes is 1. The summed E-state index contributed by atoms with van der Waals surface area (Å²) in [6, 6.07) is 15.4. The summed E-state index contributed by atoms with van der Waals surface area (Å²) in [4.78, 5) is 11.2. The molecule has 0 aliphatic carbocycles. The SMILES string of the molecule is C#Cc1ccccc1-c1cc2n(n1)Cc1ccc(NC(C)=O)cc1OC2. The summed E-state index contributed by atoms with van der Waals surface area (Å²) in [6.45, 7) is 2.49. The third-order valence-corrected chi connectivity index (χ3v) is 4.31. The summed E-state index contributed by atoms with van der Waals surface area (Å²) in [5.41, 5.74) is 5.32. The molecule has 2 heterocycles. The number of rotatable bonds is 2. The van der Waals surface area contributed by atoms with Crippen LogP contribution in [0.4, 0.5) is 5.69 Å². The van der Waals surface area contributed by atoms with E-state index in [-0.39, 0.29) is 5.91 Å². The first-order valence-electron chi connectivity index (χ1n) is 8.30. The Hall–Kier alpha value is -3.52. The number of aromatic nitrogens is 2. The Kier molecular flexibility index (Phi) is 3.94. The van der Waals surface area contributed by atoms with Crippen molar-refractivity contribution in [2.75, 3.05) is 5.32 Å². The van der Waals surface area contributed by atoms with Gasteiger partial charge < -0.3 is 10.1 Å². The molecule has 5 nitrogen and oxygen atoms in total. The monoisotopic (exact) mass is 343 g/mol. The van der Waals surface area contributed by atoms with Gasteiger partial charge in [0.25, 0.3) is 0 Å². The van der Waals surface area contributed by atoms with E-state index in [4.69, 9.17) is 16.3 Å². The molecular weight excluding hydrogens is 326 g/mol. The lowest BCUT2D eigenvalue weighted by Gasteiger charge is -2.09. The fourth-order valence-corrected chi connectivity index (χ4v) is 3.09. The van der Waals surface area contributed by atoms with Gasteiger partial charge in [0.2, 0.25) is 5.91 Å². The molecule has 0 radical (unpaired) electrons. The van der Waals surface area contributed by atoms with Gasteiger partial charge in [0.05, 0.1) is 17.9 Å². The second-order valence-electron chi connectivity index (χ2n) is 6.16. The molecule has 1 aliphatic rings. The van der Waals surface area contributed by atoms with E-state index in [1.165, 1.54) is 6.92 Å². The van der Waals surface area contributed by atoms with E-state index in [1.54, 1.807) is 0 Å². The first-order valence-corrected chi connectivity index (χ1v) is 8.30.